The first kappa shape index (κ1) is 18.0. The van der Waals surface area contributed by atoms with Crippen molar-refractivity contribution in [1.29, 1.82) is 0 Å². The summed E-state index contributed by atoms with van der Waals surface area (Å²) < 4.78 is 1.02. The summed E-state index contributed by atoms with van der Waals surface area (Å²) in [5.41, 5.74) is 2.59. The van der Waals surface area contributed by atoms with Crippen molar-refractivity contribution in [2.75, 3.05) is 0 Å². The van der Waals surface area contributed by atoms with Crippen LogP contribution in [-0.2, 0) is 4.79 Å². The van der Waals surface area contributed by atoms with Crippen molar-refractivity contribution in [3.05, 3.63) is 39.2 Å². The number of amidine groups is 1. The summed E-state index contributed by atoms with van der Waals surface area (Å²) in [7, 11) is 0. The van der Waals surface area contributed by atoms with Gasteiger partial charge < -0.3 is 0 Å². The maximum atomic E-state index is 12.2. The second-order valence-electron chi connectivity index (χ2n) is 8.06. The van der Waals surface area contributed by atoms with Crippen LogP contribution in [0.5, 0.6) is 0 Å². The molecule has 1 aromatic rings. The molecule has 1 heterocycles. The van der Waals surface area contributed by atoms with Crippen LogP contribution in [0, 0.1) is 16.7 Å². The zero-order chi connectivity index (χ0) is 18.5. The van der Waals surface area contributed by atoms with Crippen LogP contribution in [-0.4, -0.2) is 16.8 Å². The fourth-order valence-corrected chi connectivity index (χ4v) is 5.41. The van der Waals surface area contributed by atoms with Gasteiger partial charge in [0.1, 0.15) is 0 Å². The van der Waals surface area contributed by atoms with Gasteiger partial charge in [-0.1, -0.05) is 48.8 Å². The lowest BCUT2D eigenvalue weighted by Gasteiger charge is -2.34. The van der Waals surface area contributed by atoms with E-state index >= 15 is 0 Å². The van der Waals surface area contributed by atoms with Gasteiger partial charge in [-0.3, -0.25) is 10.1 Å². The average Bonchev–Trinajstić information content (AvgIpc) is 3.12. The van der Waals surface area contributed by atoms with Crippen molar-refractivity contribution in [1.82, 2.24) is 5.32 Å². The summed E-state index contributed by atoms with van der Waals surface area (Å²) in [6, 6.07) is 7.86. The van der Waals surface area contributed by atoms with Crippen LogP contribution in [0.2, 0.25) is 0 Å². The number of thioether (sulfide) groups is 1. The molecule has 4 rings (SSSR count). The first-order valence-corrected chi connectivity index (χ1v) is 10.5. The molecule has 2 bridgehead atoms. The van der Waals surface area contributed by atoms with E-state index in [1.54, 1.807) is 0 Å². The Morgan fingerprint density at radius 3 is 2.58 bits per heavy atom. The largest absolute Gasteiger partial charge is 0.299 e. The number of halogens is 1. The van der Waals surface area contributed by atoms with Crippen LogP contribution < -0.4 is 5.32 Å². The minimum Gasteiger partial charge on any atom is -0.299 e. The number of nitrogens with zero attached hydrogens (tertiary/aromatic N) is 2. The molecule has 136 valence electrons. The van der Waals surface area contributed by atoms with Crippen molar-refractivity contribution in [2.24, 2.45) is 27.0 Å². The summed E-state index contributed by atoms with van der Waals surface area (Å²) in [5, 5.41) is 12.3. The third-order valence-corrected chi connectivity index (χ3v) is 8.02. The molecular formula is C20H22BrN3OS. The zero-order valence-electron chi connectivity index (χ0n) is 15.2. The monoisotopic (exact) mass is 431 g/mol. The van der Waals surface area contributed by atoms with Crippen LogP contribution in [0.1, 0.15) is 45.6 Å². The molecule has 0 unspecified atom stereocenters. The van der Waals surface area contributed by atoms with Crippen LogP contribution in [0.15, 0.2) is 43.8 Å². The van der Waals surface area contributed by atoms with E-state index in [1.165, 1.54) is 30.3 Å². The van der Waals surface area contributed by atoms with E-state index in [2.05, 4.69) is 52.2 Å². The van der Waals surface area contributed by atoms with E-state index in [4.69, 9.17) is 0 Å². The number of benzene rings is 1. The third-order valence-electron chi connectivity index (χ3n) is 6.59. The normalized spacial score (nSPS) is 34.2. The highest BCUT2D eigenvalue weighted by atomic mass is 79.9. The topological polar surface area (TPSA) is 53.8 Å². The van der Waals surface area contributed by atoms with Crippen molar-refractivity contribution in [3.8, 4) is 0 Å². The second-order valence-corrected chi connectivity index (χ2v) is 10.0. The summed E-state index contributed by atoms with van der Waals surface area (Å²) in [6.07, 6.45) is 5.37. The van der Waals surface area contributed by atoms with Gasteiger partial charge in [0.25, 0.3) is 5.91 Å². The SMILES string of the molecule is CC1(C)[C@H]2CC[C@@]1(C)/C(=N\N=C1/NC(=O)/C(=C\c3ccc(Br)cc3)S1)C2. The molecule has 0 spiro atoms. The number of nitrogens with one attached hydrogen (secondary N) is 1. The lowest BCUT2D eigenvalue weighted by molar-refractivity contribution is -0.115. The maximum absolute atomic E-state index is 12.2. The van der Waals surface area contributed by atoms with Gasteiger partial charge >= 0.3 is 0 Å². The van der Waals surface area contributed by atoms with Gasteiger partial charge in [-0.2, -0.15) is 5.10 Å². The Morgan fingerprint density at radius 1 is 1.23 bits per heavy atom. The Morgan fingerprint density at radius 2 is 1.96 bits per heavy atom. The molecule has 3 aliphatic rings. The Balaban J connectivity index is 1.53. The number of fused-ring (bicyclic) bond motifs is 2. The number of carbonyl (C=O) groups excluding carboxylic acids is 1. The molecule has 1 amide bonds. The third kappa shape index (κ3) is 2.87. The van der Waals surface area contributed by atoms with Crippen LogP contribution in [0.25, 0.3) is 6.08 Å². The Hall–Kier alpha value is -1.40. The fourth-order valence-electron chi connectivity index (χ4n) is 4.37. The highest BCUT2D eigenvalue weighted by Gasteiger charge is 2.60. The van der Waals surface area contributed by atoms with E-state index in [0.29, 0.717) is 16.0 Å². The van der Waals surface area contributed by atoms with Crippen LogP contribution in [0.4, 0.5) is 0 Å². The van der Waals surface area contributed by atoms with Gasteiger partial charge in [-0.15, -0.1) is 5.10 Å². The molecule has 1 aliphatic heterocycles. The van der Waals surface area contributed by atoms with Gasteiger partial charge in [0, 0.05) is 15.6 Å². The standard InChI is InChI=1S/C20H22BrN3OS/c1-19(2)13-8-9-20(19,3)16(11-13)23-24-18-22-17(25)15(26-18)10-12-4-6-14(21)7-5-12/h4-7,10,13H,8-9,11H2,1-3H3,(H,22,24,25)/b15-10+,23-16-/t13-,20-/m0/s1. The fraction of sp³-hybridized carbons (Fsp3) is 0.450. The van der Waals surface area contributed by atoms with E-state index in [-0.39, 0.29) is 16.7 Å². The highest BCUT2D eigenvalue weighted by molar-refractivity contribution is 9.10. The van der Waals surface area contributed by atoms with Crippen LogP contribution in [0.3, 0.4) is 0 Å². The number of rotatable bonds is 2. The molecule has 2 aliphatic carbocycles. The smallest absolute Gasteiger partial charge is 0.264 e. The molecule has 1 aromatic carbocycles. The van der Waals surface area contributed by atoms with Crippen LogP contribution >= 0.6 is 27.7 Å². The summed E-state index contributed by atoms with van der Waals surface area (Å²) >= 11 is 4.77. The van der Waals surface area contributed by atoms with E-state index in [0.717, 1.165) is 16.5 Å². The van der Waals surface area contributed by atoms with Crippen molar-refractivity contribution in [3.63, 3.8) is 0 Å². The Bertz CT molecular complexity index is 856. The zero-order valence-corrected chi connectivity index (χ0v) is 17.6. The molecule has 1 saturated heterocycles. The first-order chi connectivity index (χ1) is 12.3. The highest BCUT2D eigenvalue weighted by Crippen LogP contribution is 2.64. The van der Waals surface area contributed by atoms with Crippen molar-refractivity contribution >= 4 is 50.6 Å². The number of amides is 1. The lowest BCUT2D eigenvalue weighted by Crippen LogP contribution is -2.32. The van der Waals surface area contributed by atoms with Crippen molar-refractivity contribution in [2.45, 2.75) is 40.0 Å². The van der Waals surface area contributed by atoms with E-state index in [9.17, 15) is 4.79 Å². The van der Waals surface area contributed by atoms with Gasteiger partial charge in [0.2, 0.25) is 0 Å². The average molecular weight is 432 g/mol. The molecule has 3 fully saturated rings. The van der Waals surface area contributed by atoms with E-state index in [1.807, 2.05) is 30.3 Å². The van der Waals surface area contributed by atoms with Gasteiger partial charge in [-0.05, 0) is 66.1 Å². The summed E-state index contributed by atoms with van der Waals surface area (Å²) in [4.78, 5) is 12.9. The summed E-state index contributed by atoms with van der Waals surface area (Å²) in [5.74, 6) is 0.585. The first-order valence-electron chi connectivity index (χ1n) is 8.91. The second kappa shape index (κ2) is 6.34. The number of carbonyl (C=O) groups is 1. The lowest BCUT2D eigenvalue weighted by atomic mass is 9.70. The predicted molar refractivity (Wildman–Crippen MR) is 112 cm³/mol. The van der Waals surface area contributed by atoms with Crippen molar-refractivity contribution < 1.29 is 4.79 Å². The van der Waals surface area contributed by atoms with Gasteiger partial charge in [-0.25, -0.2) is 0 Å². The molecule has 2 atom stereocenters. The molecule has 0 aromatic heterocycles. The van der Waals surface area contributed by atoms with E-state index < -0.39 is 0 Å². The molecule has 2 saturated carbocycles. The minimum absolute atomic E-state index is 0.114. The molecule has 26 heavy (non-hydrogen) atoms. The molecular weight excluding hydrogens is 410 g/mol. The quantitative estimate of drug-likeness (QED) is 0.515. The Kier molecular flexibility index (Phi) is 4.39. The molecule has 6 heteroatoms. The minimum atomic E-state index is -0.114. The summed E-state index contributed by atoms with van der Waals surface area (Å²) in [6.45, 7) is 7.02. The van der Waals surface area contributed by atoms with Gasteiger partial charge in [0.05, 0.1) is 4.91 Å². The number of hydrogen-bond acceptors (Lipinski definition) is 4. The predicted octanol–water partition coefficient (Wildman–Crippen LogP) is 5.21. The van der Waals surface area contributed by atoms with Gasteiger partial charge in [0.15, 0.2) is 5.17 Å². The molecule has 0 radical (unpaired) electrons. The molecule has 4 nitrogen and oxygen atoms in total. The molecule has 1 N–H and O–H groups in total. The Labute approximate surface area is 166 Å². The maximum Gasteiger partial charge on any atom is 0.264 e. The number of hydrogen-bond donors (Lipinski definition) is 1.